The molecule has 0 aromatic carbocycles. The summed E-state index contributed by atoms with van der Waals surface area (Å²) in [5, 5.41) is 22.6. The van der Waals surface area contributed by atoms with Crippen LogP contribution in [0.3, 0.4) is 0 Å². The Kier molecular flexibility index (Phi) is 35.9. The van der Waals surface area contributed by atoms with Crippen molar-refractivity contribution in [2.75, 3.05) is 13.1 Å². The van der Waals surface area contributed by atoms with E-state index in [0.29, 0.717) is 0 Å². The van der Waals surface area contributed by atoms with Gasteiger partial charge in [-0.3, -0.25) is 0 Å². The van der Waals surface area contributed by atoms with Crippen LogP contribution in [-0.2, 0) is 29.6 Å². The van der Waals surface area contributed by atoms with Crippen molar-refractivity contribution in [3.63, 3.8) is 0 Å². The molecule has 2 N–H and O–H groups in total. The van der Waals surface area contributed by atoms with E-state index in [1.54, 1.807) is 12.2 Å². The van der Waals surface area contributed by atoms with Crippen molar-refractivity contribution in [3.05, 3.63) is 23.0 Å². The summed E-state index contributed by atoms with van der Waals surface area (Å²) < 4.78 is 50.1. The van der Waals surface area contributed by atoms with Crippen LogP contribution in [-0.4, -0.2) is 79.6 Å². The van der Waals surface area contributed by atoms with Crippen LogP contribution >= 0.6 is 0 Å². The maximum atomic E-state index is 11.4. The molecule has 0 unspecified atom stereocenters. The smallest absolute Gasteiger partial charge is 0.550 e. The molecular weight excluding hydrogens is 621 g/mol. The van der Waals surface area contributed by atoms with Gasteiger partial charge in [-0.1, -0.05) is 116 Å². The number of carboxylic acids is 2. The second-order valence-electron chi connectivity index (χ2n) is 10.4. The van der Waals surface area contributed by atoms with Gasteiger partial charge in [0.05, 0.1) is 0 Å². The fraction of sp³-hybridized carbons (Fsp3) is 0.800. The Morgan fingerprint density at radius 2 is 0.814 bits per heavy atom. The van der Waals surface area contributed by atoms with E-state index >= 15 is 0 Å². The average molecular weight is 677 g/mol. The SMILES string of the molecule is CCCCCCCCCC/C=C/S(=O)(=O)NCCC(=O)[O-].CCCCCCCCCC/C=C/S(=O)(=O)NCCC(=O)[O-].[Ca+2]. The molecule has 0 atom stereocenters. The van der Waals surface area contributed by atoms with E-state index in [-0.39, 0.29) is 63.7 Å². The van der Waals surface area contributed by atoms with Crippen LogP contribution in [0.2, 0.25) is 0 Å². The first-order valence-electron chi connectivity index (χ1n) is 15.7. The van der Waals surface area contributed by atoms with E-state index < -0.39 is 32.0 Å². The van der Waals surface area contributed by atoms with Crippen LogP contribution in [0.1, 0.15) is 142 Å². The summed E-state index contributed by atoms with van der Waals surface area (Å²) >= 11 is 0. The summed E-state index contributed by atoms with van der Waals surface area (Å²) in [5.74, 6) is -2.53. The Balaban J connectivity index is -0.000000727. The quantitative estimate of drug-likeness (QED) is 0.0930. The van der Waals surface area contributed by atoms with E-state index in [2.05, 4.69) is 23.3 Å². The van der Waals surface area contributed by atoms with Gasteiger partial charge >= 0.3 is 37.7 Å². The molecular formula is C30H56CaN2O8S2. The maximum Gasteiger partial charge on any atom is 2.00 e. The number of hydrogen-bond acceptors (Lipinski definition) is 8. The zero-order valence-electron chi connectivity index (χ0n) is 26.7. The molecule has 0 aliphatic carbocycles. The number of hydrogen-bond donors (Lipinski definition) is 2. The summed E-state index contributed by atoms with van der Waals surface area (Å²) in [5.41, 5.74) is 0. The van der Waals surface area contributed by atoms with E-state index in [1.165, 1.54) is 77.0 Å². The fourth-order valence-electron chi connectivity index (χ4n) is 3.87. The monoisotopic (exact) mass is 676 g/mol. The molecule has 0 aliphatic heterocycles. The van der Waals surface area contributed by atoms with Crippen LogP contribution < -0.4 is 19.7 Å². The number of allylic oxidation sites excluding steroid dienone is 2. The molecule has 13 heteroatoms. The first-order chi connectivity index (χ1) is 20.0. The molecule has 0 rings (SSSR count). The van der Waals surface area contributed by atoms with Crippen LogP contribution in [0.25, 0.3) is 0 Å². The number of unbranched alkanes of at least 4 members (excludes halogenated alkanes) is 16. The van der Waals surface area contributed by atoms with Crippen LogP contribution in [0.4, 0.5) is 0 Å². The van der Waals surface area contributed by atoms with Gasteiger partial charge in [-0.05, 0) is 25.7 Å². The number of aliphatic carboxylic acids is 2. The number of carbonyl (C=O) groups excluding carboxylic acids is 2. The van der Waals surface area contributed by atoms with Crippen molar-refractivity contribution in [1.82, 2.24) is 9.44 Å². The van der Waals surface area contributed by atoms with Crippen molar-refractivity contribution in [2.45, 2.75) is 142 Å². The number of carbonyl (C=O) groups is 2. The predicted octanol–water partition coefficient (Wildman–Crippen LogP) is 3.80. The minimum atomic E-state index is -3.51. The first-order valence-corrected chi connectivity index (χ1v) is 18.8. The molecule has 0 bridgehead atoms. The molecule has 0 saturated carbocycles. The van der Waals surface area contributed by atoms with E-state index in [1.807, 2.05) is 0 Å². The molecule has 0 aromatic rings. The van der Waals surface area contributed by atoms with E-state index in [9.17, 15) is 36.6 Å². The summed E-state index contributed by atoms with van der Waals surface area (Å²) in [6.07, 6.45) is 23.6. The number of rotatable bonds is 28. The Labute approximate surface area is 292 Å². The van der Waals surface area contributed by atoms with Gasteiger partial charge in [0.25, 0.3) is 0 Å². The van der Waals surface area contributed by atoms with Gasteiger partial charge in [0.1, 0.15) is 0 Å². The molecule has 10 nitrogen and oxygen atoms in total. The Morgan fingerprint density at radius 3 is 1.09 bits per heavy atom. The molecule has 43 heavy (non-hydrogen) atoms. The Hall–Kier alpha value is -0.500. The second-order valence-corrected chi connectivity index (χ2v) is 13.7. The van der Waals surface area contributed by atoms with Gasteiger partial charge < -0.3 is 19.8 Å². The van der Waals surface area contributed by atoms with Crippen molar-refractivity contribution in [1.29, 1.82) is 0 Å². The summed E-state index contributed by atoms with van der Waals surface area (Å²) in [7, 11) is -7.01. The molecule has 0 fully saturated rings. The Bertz CT molecular complexity index is 864. The van der Waals surface area contributed by atoms with E-state index in [4.69, 9.17) is 0 Å². The summed E-state index contributed by atoms with van der Waals surface area (Å²) in [6.45, 7) is 4.14. The number of nitrogens with one attached hydrogen (secondary N) is 2. The summed E-state index contributed by atoms with van der Waals surface area (Å²) in [6, 6.07) is 0. The first kappa shape index (κ1) is 46.9. The van der Waals surface area contributed by atoms with Crippen LogP contribution in [0.5, 0.6) is 0 Å². The number of carboxylic acid groups (broad SMARTS) is 2. The van der Waals surface area contributed by atoms with Gasteiger partial charge in [-0.25, -0.2) is 26.3 Å². The second kappa shape index (κ2) is 32.9. The molecule has 0 radical (unpaired) electrons. The zero-order chi connectivity index (χ0) is 32.0. The topological polar surface area (TPSA) is 173 Å². The minimum Gasteiger partial charge on any atom is -0.550 e. The standard InChI is InChI=1S/2C15H29NO4S.Ca/c2*1-2-3-4-5-6-7-8-9-10-11-14-21(19,20)16-13-12-15(17)18;/h2*11,14,16H,2-10,12-13H2,1H3,(H,17,18);/q;;+2/p-2/b2*14-11+;. The van der Waals surface area contributed by atoms with Gasteiger partial charge in [-0.15, -0.1) is 0 Å². The average Bonchev–Trinajstić information content (AvgIpc) is 2.90. The fourth-order valence-corrected chi connectivity index (χ4v) is 5.61. The molecule has 0 aromatic heterocycles. The predicted molar refractivity (Wildman–Crippen MR) is 172 cm³/mol. The minimum absolute atomic E-state index is 0. The zero-order valence-corrected chi connectivity index (χ0v) is 30.5. The largest absolute Gasteiger partial charge is 2.00 e. The van der Waals surface area contributed by atoms with Crippen molar-refractivity contribution < 1.29 is 36.6 Å². The third kappa shape index (κ3) is 41.5. The molecule has 0 aliphatic rings. The molecule has 0 saturated heterocycles. The van der Waals surface area contributed by atoms with Gasteiger partial charge in [-0.2, -0.15) is 0 Å². The summed E-state index contributed by atoms with van der Waals surface area (Å²) in [4.78, 5) is 20.3. The molecule has 248 valence electrons. The van der Waals surface area contributed by atoms with E-state index in [0.717, 1.165) is 49.3 Å². The molecule has 0 spiro atoms. The molecule has 0 amide bonds. The van der Waals surface area contributed by atoms with Gasteiger partial charge in [0.2, 0.25) is 20.0 Å². The van der Waals surface area contributed by atoms with Crippen molar-refractivity contribution >= 4 is 69.7 Å². The third-order valence-corrected chi connectivity index (χ3v) is 8.58. The van der Waals surface area contributed by atoms with Gasteiger partial charge in [0, 0.05) is 48.7 Å². The van der Waals surface area contributed by atoms with Crippen LogP contribution in [0, 0.1) is 0 Å². The Morgan fingerprint density at radius 1 is 0.535 bits per heavy atom. The number of sulfonamides is 2. The van der Waals surface area contributed by atoms with Crippen molar-refractivity contribution in [2.24, 2.45) is 0 Å². The van der Waals surface area contributed by atoms with Crippen LogP contribution in [0.15, 0.2) is 23.0 Å². The van der Waals surface area contributed by atoms with Gasteiger partial charge in [0.15, 0.2) is 0 Å². The van der Waals surface area contributed by atoms with Crippen molar-refractivity contribution in [3.8, 4) is 0 Å². The third-order valence-electron chi connectivity index (χ3n) is 6.26. The maximum absolute atomic E-state index is 11.4. The normalized spacial score (nSPS) is 11.8. The molecule has 0 heterocycles.